The summed E-state index contributed by atoms with van der Waals surface area (Å²) in [6.07, 6.45) is 3.11. The second-order valence-electron chi connectivity index (χ2n) is 4.88. The molecule has 0 aliphatic carbocycles. The second kappa shape index (κ2) is 5.00. The number of cyclic esters (lactones) is 1. The molecule has 2 aromatic carbocycles. The molecule has 4 heteroatoms. The third-order valence-corrected chi connectivity index (χ3v) is 3.46. The van der Waals surface area contributed by atoms with E-state index >= 15 is 0 Å². The van der Waals surface area contributed by atoms with Crippen molar-refractivity contribution in [1.82, 2.24) is 0 Å². The normalized spacial score (nSPS) is 16.1. The minimum atomic E-state index is -0.473. The van der Waals surface area contributed by atoms with Crippen LogP contribution in [0.25, 0.3) is 16.8 Å². The average molecular weight is 289 g/mol. The molecule has 0 bridgehead atoms. The summed E-state index contributed by atoms with van der Waals surface area (Å²) in [4.78, 5) is 16.3. The molecule has 106 valence electrons. The minimum Gasteiger partial charge on any atom is -0.465 e. The molecule has 0 saturated carbocycles. The fourth-order valence-electron chi connectivity index (χ4n) is 2.44. The van der Waals surface area contributed by atoms with Gasteiger partial charge in [-0.2, -0.15) is 0 Å². The van der Waals surface area contributed by atoms with E-state index in [1.165, 1.54) is 0 Å². The number of furan rings is 1. The number of hydrogen-bond donors (Lipinski definition) is 0. The molecular formula is C18H11NO3. The van der Waals surface area contributed by atoms with Crippen molar-refractivity contribution in [1.29, 1.82) is 0 Å². The van der Waals surface area contributed by atoms with Crippen molar-refractivity contribution in [2.75, 3.05) is 0 Å². The second-order valence-corrected chi connectivity index (χ2v) is 4.88. The quantitative estimate of drug-likeness (QED) is 0.533. The molecule has 4 nitrogen and oxygen atoms in total. The third-order valence-electron chi connectivity index (χ3n) is 3.46. The Bertz CT molecular complexity index is 915. The Kier molecular flexibility index (Phi) is 2.86. The van der Waals surface area contributed by atoms with Crippen molar-refractivity contribution in [3.8, 4) is 0 Å². The van der Waals surface area contributed by atoms with Gasteiger partial charge in [-0.15, -0.1) is 0 Å². The molecule has 0 amide bonds. The maximum atomic E-state index is 12.0. The first-order valence-electron chi connectivity index (χ1n) is 6.85. The van der Waals surface area contributed by atoms with E-state index in [1.807, 2.05) is 42.5 Å². The highest BCUT2D eigenvalue weighted by atomic mass is 16.6. The first kappa shape index (κ1) is 12.6. The molecule has 1 aliphatic rings. The van der Waals surface area contributed by atoms with Crippen LogP contribution in [0.3, 0.4) is 0 Å². The van der Waals surface area contributed by atoms with Crippen LogP contribution in [0.4, 0.5) is 0 Å². The summed E-state index contributed by atoms with van der Waals surface area (Å²) in [5.41, 5.74) is 1.03. The van der Waals surface area contributed by atoms with Gasteiger partial charge in [0.05, 0.1) is 6.26 Å². The van der Waals surface area contributed by atoms with Crippen LogP contribution < -0.4 is 0 Å². The Labute approximate surface area is 126 Å². The first-order chi connectivity index (χ1) is 10.8. The molecule has 1 aliphatic heterocycles. The van der Waals surface area contributed by atoms with Gasteiger partial charge in [0.2, 0.25) is 5.90 Å². The van der Waals surface area contributed by atoms with Gasteiger partial charge in [-0.25, -0.2) is 9.79 Å². The molecule has 22 heavy (non-hydrogen) atoms. The Hall–Kier alpha value is -3.14. The summed E-state index contributed by atoms with van der Waals surface area (Å²) in [6, 6.07) is 17.2. The summed E-state index contributed by atoms with van der Waals surface area (Å²) in [5, 5.41) is 2.07. The van der Waals surface area contributed by atoms with Crippen molar-refractivity contribution in [3.63, 3.8) is 0 Å². The van der Waals surface area contributed by atoms with Crippen molar-refractivity contribution in [2.45, 2.75) is 0 Å². The maximum absolute atomic E-state index is 12.0. The average Bonchev–Trinajstić information content (AvgIpc) is 3.18. The van der Waals surface area contributed by atoms with E-state index in [0.29, 0.717) is 11.7 Å². The van der Waals surface area contributed by atoms with Crippen molar-refractivity contribution >= 4 is 28.7 Å². The predicted octanol–water partition coefficient (Wildman–Crippen LogP) is 3.78. The summed E-state index contributed by atoms with van der Waals surface area (Å²) in [6.45, 7) is 0. The molecule has 0 spiro atoms. The van der Waals surface area contributed by atoms with Crippen LogP contribution in [0.2, 0.25) is 0 Å². The Morgan fingerprint density at radius 3 is 2.68 bits per heavy atom. The minimum absolute atomic E-state index is 0.234. The Morgan fingerprint density at radius 2 is 1.82 bits per heavy atom. The maximum Gasteiger partial charge on any atom is 0.363 e. The fourth-order valence-corrected chi connectivity index (χ4v) is 2.44. The molecule has 4 rings (SSSR count). The monoisotopic (exact) mass is 289 g/mol. The summed E-state index contributed by atoms with van der Waals surface area (Å²) >= 11 is 0. The number of fused-ring (bicyclic) bond motifs is 1. The Balaban J connectivity index is 1.81. The van der Waals surface area contributed by atoms with Gasteiger partial charge in [-0.1, -0.05) is 36.4 Å². The number of carbonyl (C=O) groups is 1. The highest BCUT2D eigenvalue weighted by Gasteiger charge is 2.25. The van der Waals surface area contributed by atoms with Crippen LogP contribution in [-0.4, -0.2) is 11.9 Å². The van der Waals surface area contributed by atoms with Gasteiger partial charge in [0.1, 0.15) is 5.76 Å². The topological polar surface area (TPSA) is 51.8 Å². The number of hydrogen-bond acceptors (Lipinski definition) is 4. The molecule has 0 N–H and O–H groups in total. The zero-order valence-electron chi connectivity index (χ0n) is 11.5. The molecule has 0 fully saturated rings. The predicted molar refractivity (Wildman–Crippen MR) is 83.3 cm³/mol. The van der Waals surface area contributed by atoms with Gasteiger partial charge in [-0.05, 0) is 29.0 Å². The molecule has 0 atom stereocenters. The molecule has 3 aromatic rings. The number of nitrogens with zero attached hydrogens (tertiary/aromatic N) is 1. The van der Waals surface area contributed by atoms with E-state index in [0.717, 1.165) is 16.3 Å². The molecule has 0 saturated heterocycles. The lowest BCUT2D eigenvalue weighted by molar-refractivity contribution is -0.129. The molecule has 0 unspecified atom stereocenters. The lowest BCUT2D eigenvalue weighted by atomic mass is 10.0. The fraction of sp³-hybridized carbons (Fsp3) is 0. The van der Waals surface area contributed by atoms with Crippen LogP contribution in [0, 0.1) is 0 Å². The SMILES string of the molecule is O=C1OC(c2cccc3ccccc23)=NC1=Cc1ccco1. The zero-order chi connectivity index (χ0) is 14.9. The largest absolute Gasteiger partial charge is 0.465 e. The van der Waals surface area contributed by atoms with E-state index in [4.69, 9.17) is 9.15 Å². The van der Waals surface area contributed by atoms with Gasteiger partial charge in [0.15, 0.2) is 5.70 Å². The number of esters is 1. The van der Waals surface area contributed by atoms with Crippen molar-refractivity contribution < 1.29 is 13.9 Å². The molecule has 0 radical (unpaired) electrons. The lowest BCUT2D eigenvalue weighted by Gasteiger charge is -2.04. The van der Waals surface area contributed by atoms with Crippen LogP contribution in [0.5, 0.6) is 0 Å². The highest BCUT2D eigenvalue weighted by Crippen LogP contribution is 2.24. The zero-order valence-corrected chi connectivity index (χ0v) is 11.5. The number of rotatable bonds is 2. The van der Waals surface area contributed by atoms with E-state index in [1.54, 1.807) is 24.5 Å². The Morgan fingerprint density at radius 1 is 0.955 bits per heavy atom. The van der Waals surface area contributed by atoms with Gasteiger partial charge in [-0.3, -0.25) is 0 Å². The molecule has 1 aromatic heterocycles. The summed E-state index contributed by atoms with van der Waals surface area (Å²) in [7, 11) is 0. The van der Waals surface area contributed by atoms with Crippen LogP contribution in [0.15, 0.2) is 76.0 Å². The van der Waals surface area contributed by atoms with E-state index in [2.05, 4.69) is 4.99 Å². The number of carbonyl (C=O) groups excluding carboxylic acids is 1. The number of aliphatic imine (C=N–C) groups is 1. The van der Waals surface area contributed by atoms with Gasteiger partial charge in [0, 0.05) is 11.6 Å². The lowest BCUT2D eigenvalue weighted by Crippen LogP contribution is -2.05. The summed E-state index contributed by atoms with van der Waals surface area (Å²) < 4.78 is 10.5. The van der Waals surface area contributed by atoms with Crippen LogP contribution >= 0.6 is 0 Å². The van der Waals surface area contributed by atoms with E-state index in [-0.39, 0.29) is 5.70 Å². The van der Waals surface area contributed by atoms with Crippen molar-refractivity contribution in [3.05, 3.63) is 77.9 Å². The summed E-state index contributed by atoms with van der Waals surface area (Å²) in [5.74, 6) is 0.411. The van der Waals surface area contributed by atoms with E-state index < -0.39 is 5.97 Å². The molecule has 2 heterocycles. The third kappa shape index (κ3) is 2.11. The van der Waals surface area contributed by atoms with E-state index in [9.17, 15) is 4.79 Å². The van der Waals surface area contributed by atoms with Crippen LogP contribution in [-0.2, 0) is 9.53 Å². The smallest absolute Gasteiger partial charge is 0.363 e. The van der Waals surface area contributed by atoms with Gasteiger partial charge >= 0.3 is 5.97 Å². The van der Waals surface area contributed by atoms with Gasteiger partial charge in [0.25, 0.3) is 0 Å². The highest BCUT2D eigenvalue weighted by molar-refractivity contribution is 6.17. The number of ether oxygens (including phenoxy) is 1. The first-order valence-corrected chi connectivity index (χ1v) is 6.85. The number of benzene rings is 2. The van der Waals surface area contributed by atoms with Crippen molar-refractivity contribution in [2.24, 2.45) is 4.99 Å². The van der Waals surface area contributed by atoms with Gasteiger partial charge < -0.3 is 9.15 Å². The van der Waals surface area contributed by atoms with Crippen LogP contribution in [0.1, 0.15) is 11.3 Å². The molecular weight excluding hydrogens is 278 g/mol. The standard InChI is InChI=1S/C18H11NO3/c20-18-16(11-13-7-4-10-21-13)19-17(22-18)15-9-3-6-12-5-1-2-8-14(12)15/h1-11H.